The van der Waals surface area contributed by atoms with Crippen LogP contribution in [0.3, 0.4) is 0 Å². The maximum Gasteiger partial charge on any atom is 0.233 e. The Hall–Kier alpha value is -2.31. The molecule has 2 heterocycles. The Bertz CT molecular complexity index is 960. The molecule has 0 unspecified atom stereocenters. The van der Waals surface area contributed by atoms with Gasteiger partial charge in [0.25, 0.3) is 0 Å². The van der Waals surface area contributed by atoms with Gasteiger partial charge in [-0.1, -0.05) is 35.0 Å². The number of ether oxygens (including phenoxy) is 1. The first-order valence-electron chi connectivity index (χ1n) is 8.19. The zero-order chi connectivity index (χ0) is 18.3. The highest BCUT2D eigenvalue weighted by Crippen LogP contribution is 2.42. The van der Waals surface area contributed by atoms with Crippen molar-refractivity contribution in [3.05, 3.63) is 70.1 Å². The lowest BCUT2D eigenvalue weighted by Gasteiger charge is -2.16. The van der Waals surface area contributed by atoms with E-state index in [9.17, 15) is 8.78 Å². The van der Waals surface area contributed by atoms with Crippen molar-refractivity contribution in [1.82, 2.24) is 10.1 Å². The summed E-state index contributed by atoms with van der Waals surface area (Å²) in [4.78, 5) is 4.40. The van der Waals surface area contributed by atoms with Crippen molar-refractivity contribution < 1.29 is 18.0 Å². The van der Waals surface area contributed by atoms with Crippen LogP contribution in [0.25, 0.3) is 11.4 Å². The van der Waals surface area contributed by atoms with E-state index < -0.39 is 11.9 Å². The molecular weight excluding hydrogens is 362 g/mol. The van der Waals surface area contributed by atoms with Gasteiger partial charge in [-0.25, -0.2) is 8.78 Å². The summed E-state index contributed by atoms with van der Waals surface area (Å²) >= 11 is 5.75. The molecule has 0 spiro atoms. The summed E-state index contributed by atoms with van der Waals surface area (Å²) in [6.07, 6.45) is 0.267. The van der Waals surface area contributed by atoms with Gasteiger partial charge < -0.3 is 9.26 Å². The Morgan fingerprint density at radius 2 is 1.96 bits per heavy atom. The van der Waals surface area contributed by atoms with Crippen molar-refractivity contribution in [3.8, 4) is 11.4 Å². The van der Waals surface area contributed by atoms with Crippen LogP contribution in [-0.4, -0.2) is 16.7 Å². The van der Waals surface area contributed by atoms with Gasteiger partial charge >= 0.3 is 0 Å². The number of benzene rings is 2. The van der Waals surface area contributed by atoms with E-state index in [2.05, 4.69) is 10.1 Å². The van der Waals surface area contributed by atoms with Gasteiger partial charge in [-0.05, 0) is 42.7 Å². The van der Waals surface area contributed by atoms with Crippen LogP contribution in [0.5, 0.6) is 0 Å². The number of hydrogen-bond acceptors (Lipinski definition) is 4. The van der Waals surface area contributed by atoms with Crippen LogP contribution in [-0.2, 0) is 4.74 Å². The molecule has 0 radical (unpaired) electrons. The predicted molar refractivity (Wildman–Crippen MR) is 91.9 cm³/mol. The summed E-state index contributed by atoms with van der Waals surface area (Å²) in [5.41, 5.74) is 1.75. The van der Waals surface area contributed by atoms with Crippen molar-refractivity contribution in [2.24, 2.45) is 0 Å². The minimum Gasteiger partial charge on any atom is -0.373 e. The lowest BCUT2D eigenvalue weighted by molar-refractivity contribution is 0.0984. The van der Waals surface area contributed by atoms with E-state index in [1.165, 1.54) is 18.2 Å². The molecule has 0 amide bonds. The van der Waals surface area contributed by atoms with E-state index in [0.29, 0.717) is 41.4 Å². The van der Waals surface area contributed by atoms with Gasteiger partial charge in [0.2, 0.25) is 11.7 Å². The third-order valence-corrected chi connectivity index (χ3v) is 4.86. The lowest BCUT2D eigenvalue weighted by Crippen LogP contribution is -2.07. The summed E-state index contributed by atoms with van der Waals surface area (Å²) in [5.74, 6) is -0.329. The number of rotatable bonds is 3. The van der Waals surface area contributed by atoms with E-state index in [1.54, 1.807) is 25.1 Å². The average molecular weight is 377 g/mol. The molecule has 0 saturated carbocycles. The quantitative estimate of drug-likeness (QED) is 0.628. The van der Waals surface area contributed by atoms with Crippen molar-refractivity contribution in [2.75, 3.05) is 6.61 Å². The zero-order valence-corrected chi connectivity index (χ0v) is 14.6. The number of halogens is 3. The fraction of sp³-hybridized carbons (Fsp3) is 0.263. The topological polar surface area (TPSA) is 48.2 Å². The zero-order valence-electron chi connectivity index (χ0n) is 13.9. The first-order chi connectivity index (χ1) is 12.5. The first kappa shape index (κ1) is 17.1. The molecule has 1 fully saturated rings. The molecule has 1 aromatic heterocycles. The van der Waals surface area contributed by atoms with Crippen LogP contribution in [0.2, 0.25) is 5.02 Å². The molecule has 26 heavy (non-hydrogen) atoms. The fourth-order valence-electron chi connectivity index (χ4n) is 3.10. The molecule has 1 aliphatic rings. The van der Waals surface area contributed by atoms with Crippen LogP contribution < -0.4 is 0 Å². The highest BCUT2D eigenvalue weighted by molar-refractivity contribution is 6.30. The van der Waals surface area contributed by atoms with Gasteiger partial charge in [-0.3, -0.25) is 0 Å². The van der Waals surface area contributed by atoms with Crippen LogP contribution in [0.1, 0.15) is 35.5 Å². The number of aromatic nitrogens is 2. The maximum atomic E-state index is 13.8. The van der Waals surface area contributed by atoms with E-state index in [-0.39, 0.29) is 16.8 Å². The van der Waals surface area contributed by atoms with Gasteiger partial charge in [0.1, 0.15) is 11.6 Å². The highest BCUT2D eigenvalue weighted by atomic mass is 35.5. The van der Waals surface area contributed by atoms with Crippen molar-refractivity contribution in [2.45, 2.75) is 25.4 Å². The standard InChI is InChI=1S/C19H15ClF2N2O2/c1-10-2-3-12(9-15(10)21)18-23-19(26-24-18)13-6-7-25-17(13)11-4-5-14(20)16(22)8-11/h2-5,8-9,13,17H,6-7H2,1H3/t13-,17+/m1/s1. The van der Waals surface area contributed by atoms with Gasteiger partial charge in [-0.2, -0.15) is 4.98 Å². The molecular formula is C19H15ClF2N2O2. The van der Waals surface area contributed by atoms with E-state index in [0.717, 1.165) is 0 Å². The van der Waals surface area contributed by atoms with Crippen LogP contribution in [0.15, 0.2) is 40.9 Å². The minimum atomic E-state index is -0.500. The minimum absolute atomic E-state index is 0.0600. The molecule has 0 N–H and O–H groups in total. The molecule has 4 rings (SSSR count). The molecule has 0 bridgehead atoms. The Morgan fingerprint density at radius 1 is 1.12 bits per heavy atom. The summed E-state index contributed by atoms with van der Waals surface area (Å²) in [6, 6.07) is 9.36. The van der Waals surface area contributed by atoms with Crippen LogP contribution in [0.4, 0.5) is 8.78 Å². The molecule has 3 aromatic rings. The SMILES string of the molecule is Cc1ccc(-c2noc([C@@H]3CCO[C@H]3c3ccc(Cl)c(F)c3)n2)cc1F. The monoisotopic (exact) mass is 376 g/mol. The summed E-state index contributed by atoms with van der Waals surface area (Å²) in [5, 5.41) is 4.02. The van der Waals surface area contributed by atoms with E-state index >= 15 is 0 Å². The molecule has 2 aromatic carbocycles. The van der Waals surface area contributed by atoms with Gasteiger partial charge in [0.05, 0.1) is 17.0 Å². The highest BCUT2D eigenvalue weighted by Gasteiger charge is 2.35. The average Bonchev–Trinajstić information content (AvgIpc) is 3.28. The predicted octanol–water partition coefficient (Wildman–Crippen LogP) is 5.22. The smallest absolute Gasteiger partial charge is 0.233 e. The van der Waals surface area contributed by atoms with Gasteiger partial charge in [0, 0.05) is 12.2 Å². The van der Waals surface area contributed by atoms with Crippen LogP contribution >= 0.6 is 11.6 Å². The molecule has 2 atom stereocenters. The number of aryl methyl sites for hydroxylation is 1. The normalized spacial score (nSPS) is 19.8. The second-order valence-corrected chi connectivity index (χ2v) is 6.69. The largest absolute Gasteiger partial charge is 0.373 e. The molecule has 1 aliphatic heterocycles. The third-order valence-electron chi connectivity index (χ3n) is 4.55. The Labute approximate surface area is 153 Å². The van der Waals surface area contributed by atoms with Gasteiger partial charge in [0.15, 0.2) is 0 Å². The molecule has 4 nitrogen and oxygen atoms in total. The first-order valence-corrected chi connectivity index (χ1v) is 8.57. The molecule has 134 valence electrons. The van der Waals surface area contributed by atoms with Crippen molar-refractivity contribution >= 4 is 11.6 Å². The lowest BCUT2D eigenvalue weighted by atomic mass is 9.95. The second kappa shape index (κ2) is 6.78. The fourth-order valence-corrected chi connectivity index (χ4v) is 3.21. The second-order valence-electron chi connectivity index (χ2n) is 6.28. The van der Waals surface area contributed by atoms with E-state index in [4.69, 9.17) is 20.9 Å². The Kier molecular flexibility index (Phi) is 4.46. The third kappa shape index (κ3) is 3.10. The van der Waals surface area contributed by atoms with Crippen LogP contribution in [0, 0.1) is 18.6 Å². The summed E-state index contributed by atoms with van der Waals surface area (Å²) in [6.45, 7) is 2.18. The van der Waals surface area contributed by atoms with E-state index in [1.807, 2.05) is 0 Å². The summed E-state index contributed by atoms with van der Waals surface area (Å²) in [7, 11) is 0. The Morgan fingerprint density at radius 3 is 2.73 bits per heavy atom. The molecule has 0 aliphatic carbocycles. The molecule has 7 heteroatoms. The molecule has 1 saturated heterocycles. The maximum absolute atomic E-state index is 13.8. The number of hydrogen-bond donors (Lipinski definition) is 0. The van der Waals surface area contributed by atoms with Crippen molar-refractivity contribution in [1.29, 1.82) is 0 Å². The number of nitrogens with zero attached hydrogens (tertiary/aromatic N) is 2. The van der Waals surface area contributed by atoms with Crippen molar-refractivity contribution in [3.63, 3.8) is 0 Å². The van der Waals surface area contributed by atoms with Gasteiger partial charge in [-0.15, -0.1) is 0 Å². The Balaban J connectivity index is 1.63. The summed E-state index contributed by atoms with van der Waals surface area (Å²) < 4.78 is 38.7.